The van der Waals surface area contributed by atoms with Crippen molar-refractivity contribution in [1.82, 2.24) is 15.5 Å². The molecule has 0 aromatic rings. The molecule has 3 rings (SSSR count). The van der Waals surface area contributed by atoms with Crippen molar-refractivity contribution in [3.8, 4) is 0 Å². The van der Waals surface area contributed by atoms with E-state index in [-0.39, 0.29) is 24.0 Å². The van der Waals surface area contributed by atoms with Crippen molar-refractivity contribution < 1.29 is 0 Å². The summed E-state index contributed by atoms with van der Waals surface area (Å²) in [4.78, 5) is 7.16. The largest absolute Gasteiger partial charge is 0.356 e. The molecule has 2 saturated carbocycles. The highest BCUT2D eigenvalue weighted by Crippen LogP contribution is 2.36. The van der Waals surface area contributed by atoms with Gasteiger partial charge in [0.2, 0.25) is 0 Å². The first-order chi connectivity index (χ1) is 10.3. The molecule has 0 unspecified atom stereocenters. The number of nitrogens with zero attached hydrogens (tertiary/aromatic N) is 2. The maximum Gasteiger partial charge on any atom is 0.191 e. The van der Waals surface area contributed by atoms with Crippen molar-refractivity contribution in [2.75, 3.05) is 44.7 Å². The van der Waals surface area contributed by atoms with Gasteiger partial charge in [-0.2, -0.15) is 11.8 Å². The second kappa shape index (κ2) is 8.97. The lowest BCUT2D eigenvalue weighted by molar-refractivity contribution is 0.107. The summed E-state index contributed by atoms with van der Waals surface area (Å²) in [5.74, 6) is 4.50. The highest BCUT2D eigenvalue weighted by atomic mass is 127. The molecule has 0 radical (unpaired) electrons. The zero-order valence-electron chi connectivity index (χ0n) is 13.8. The monoisotopic (exact) mass is 438 g/mol. The molecular weight excluding hydrogens is 407 g/mol. The highest BCUT2D eigenvalue weighted by molar-refractivity contribution is 14.0. The van der Waals surface area contributed by atoms with Crippen molar-refractivity contribution in [2.45, 2.75) is 44.1 Å². The third-order valence-corrected chi connectivity index (χ3v) is 6.22. The Morgan fingerprint density at radius 3 is 2.45 bits per heavy atom. The van der Waals surface area contributed by atoms with E-state index in [1.54, 1.807) is 0 Å². The predicted octanol–water partition coefficient (Wildman–Crippen LogP) is 2.54. The maximum atomic E-state index is 4.40. The van der Waals surface area contributed by atoms with Gasteiger partial charge in [-0.3, -0.25) is 9.89 Å². The van der Waals surface area contributed by atoms with Gasteiger partial charge in [0.25, 0.3) is 0 Å². The third-order valence-electron chi connectivity index (χ3n) is 5.28. The number of hydrogen-bond donors (Lipinski definition) is 2. The number of hydrogen-bond acceptors (Lipinski definition) is 3. The Morgan fingerprint density at radius 2 is 1.86 bits per heavy atom. The fourth-order valence-corrected chi connectivity index (χ4v) is 4.61. The van der Waals surface area contributed by atoms with Crippen molar-refractivity contribution in [3.63, 3.8) is 0 Å². The quantitative estimate of drug-likeness (QED) is 0.393. The average Bonchev–Trinajstić information content (AvgIpc) is 3.24. The minimum absolute atomic E-state index is 0. The van der Waals surface area contributed by atoms with Crippen molar-refractivity contribution >= 4 is 41.7 Å². The lowest BCUT2D eigenvalue weighted by Gasteiger charge is -2.43. The molecule has 1 aliphatic heterocycles. The van der Waals surface area contributed by atoms with Crippen molar-refractivity contribution in [1.29, 1.82) is 0 Å². The molecule has 6 heteroatoms. The van der Waals surface area contributed by atoms with E-state index in [2.05, 4.69) is 32.3 Å². The van der Waals surface area contributed by atoms with Gasteiger partial charge in [-0.05, 0) is 31.6 Å². The molecule has 0 spiro atoms. The molecule has 1 heterocycles. The van der Waals surface area contributed by atoms with Gasteiger partial charge in [0.1, 0.15) is 0 Å². The Balaban J connectivity index is 0.00000176. The van der Waals surface area contributed by atoms with Crippen LogP contribution >= 0.6 is 35.7 Å². The van der Waals surface area contributed by atoms with E-state index < -0.39 is 0 Å². The molecule has 3 aliphatic rings. The van der Waals surface area contributed by atoms with E-state index in [1.165, 1.54) is 63.1 Å². The first-order valence-corrected chi connectivity index (χ1v) is 9.75. The Labute approximate surface area is 156 Å². The Hall–Kier alpha value is 0.310. The lowest BCUT2D eigenvalue weighted by atomic mass is 9.94. The van der Waals surface area contributed by atoms with Gasteiger partial charge in [0.15, 0.2) is 5.96 Å². The van der Waals surface area contributed by atoms with Crippen LogP contribution in [0, 0.1) is 5.92 Å². The van der Waals surface area contributed by atoms with Gasteiger partial charge in [0, 0.05) is 50.3 Å². The molecule has 0 atom stereocenters. The molecule has 3 fully saturated rings. The van der Waals surface area contributed by atoms with Crippen molar-refractivity contribution in [2.24, 2.45) is 10.9 Å². The normalized spacial score (nSPS) is 25.6. The zero-order chi connectivity index (χ0) is 14.5. The fraction of sp³-hybridized carbons (Fsp3) is 0.938. The van der Waals surface area contributed by atoms with Crippen LogP contribution in [0.3, 0.4) is 0 Å². The molecule has 2 aliphatic carbocycles. The molecule has 4 nitrogen and oxygen atoms in total. The molecule has 128 valence electrons. The summed E-state index contributed by atoms with van der Waals surface area (Å²) in [6.45, 7) is 4.68. The molecule has 1 saturated heterocycles. The van der Waals surface area contributed by atoms with E-state index in [9.17, 15) is 0 Å². The number of rotatable bonds is 5. The maximum absolute atomic E-state index is 4.40. The van der Waals surface area contributed by atoms with Gasteiger partial charge in [-0.25, -0.2) is 0 Å². The summed E-state index contributed by atoms with van der Waals surface area (Å²) in [6, 6.07) is 0. The molecule has 22 heavy (non-hydrogen) atoms. The van der Waals surface area contributed by atoms with Gasteiger partial charge in [0.05, 0.1) is 0 Å². The zero-order valence-corrected chi connectivity index (χ0v) is 16.9. The summed E-state index contributed by atoms with van der Waals surface area (Å²) in [7, 11) is 1.89. The molecule has 0 amide bonds. The van der Waals surface area contributed by atoms with Gasteiger partial charge in [-0.1, -0.05) is 12.8 Å². The highest BCUT2D eigenvalue weighted by Gasteiger charge is 2.40. The van der Waals surface area contributed by atoms with Gasteiger partial charge >= 0.3 is 0 Å². The number of halogens is 1. The Bertz CT molecular complexity index is 361. The fourth-order valence-electron chi connectivity index (χ4n) is 3.71. The van der Waals surface area contributed by atoms with Crippen LogP contribution < -0.4 is 10.6 Å². The summed E-state index contributed by atoms with van der Waals surface area (Å²) in [5, 5.41) is 7.11. The van der Waals surface area contributed by atoms with E-state index in [0.717, 1.165) is 25.0 Å². The number of thioether (sulfide) groups is 1. The van der Waals surface area contributed by atoms with Crippen LogP contribution in [-0.2, 0) is 0 Å². The van der Waals surface area contributed by atoms with E-state index in [0.29, 0.717) is 5.54 Å². The molecule has 2 N–H and O–H groups in total. The summed E-state index contributed by atoms with van der Waals surface area (Å²) in [6.07, 6.45) is 8.26. The summed E-state index contributed by atoms with van der Waals surface area (Å²) >= 11 is 2.11. The van der Waals surface area contributed by atoms with Crippen LogP contribution in [-0.4, -0.2) is 61.1 Å². The minimum Gasteiger partial charge on any atom is -0.356 e. The molecule has 0 aromatic carbocycles. The summed E-state index contributed by atoms with van der Waals surface area (Å²) in [5.41, 5.74) is 0.387. The minimum atomic E-state index is 0. The van der Waals surface area contributed by atoms with Gasteiger partial charge in [-0.15, -0.1) is 24.0 Å². The van der Waals surface area contributed by atoms with E-state index in [4.69, 9.17) is 0 Å². The van der Waals surface area contributed by atoms with Crippen LogP contribution in [0.25, 0.3) is 0 Å². The van der Waals surface area contributed by atoms with Crippen LogP contribution in [0.4, 0.5) is 0 Å². The SMILES string of the molecule is CN=C(NCC1CC1)NCC1(N2CCSCC2)CCCC1.I. The van der Waals surface area contributed by atoms with E-state index in [1.807, 2.05) is 7.05 Å². The molecular formula is C16H31IN4S. The number of aliphatic imine (C=N–C) groups is 1. The average molecular weight is 438 g/mol. The van der Waals surface area contributed by atoms with Crippen molar-refractivity contribution in [3.05, 3.63) is 0 Å². The standard InChI is InChI=1S/C16H30N4S.HI/c1-17-15(18-12-14-4-5-14)19-13-16(6-2-3-7-16)20-8-10-21-11-9-20;/h14H,2-13H2,1H3,(H2,17,18,19);1H. The number of guanidine groups is 1. The summed E-state index contributed by atoms with van der Waals surface area (Å²) < 4.78 is 0. The second-order valence-electron chi connectivity index (χ2n) is 6.78. The number of nitrogens with one attached hydrogen (secondary N) is 2. The smallest absolute Gasteiger partial charge is 0.191 e. The van der Waals surface area contributed by atoms with Crippen LogP contribution in [0.2, 0.25) is 0 Å². The van der Waals surface area contributed by atoms with Crippen LogP contribution in [0.1, 0.15) is 38.5 Å². The third kappa shape index (κ3) is 4.90. The Morgan fingerprint density at radius 1 is 1.18 bits per heavy atom. The van der Waals surface area contributed by atoms with Gasteiger partial charge < -0.3 is 10.6 Å². The Kier molecular flexibility index (Phi) is 7.60. The molecule has 0 aromatic heterocycles. The predicted molar refractivity (Wildman–Crippen MR) is 108 cm³/mol. The lowest BCUT2D eigenvalue weighted by Crippen LogP contribution is -2.57. The van der Waals surface area contributed by atoms with Crippen LogP contribution in [0.5, 0.6) is 0 Å². The molecule has 0 bridgehead atoms. The van der Waals surface area contributed by atoms with Crippen LogP contribution in [0.15, 0.2) is 4.99 Å². The second-order valence-corrected chi connectivity index (χ2v) is 8.01. The topological polar surface area (TPSA) is 39.7 Å². The van der Waals surface area contributed by atoms with E-state index >= 15 is 0 Å². The first-order valence-electron chi connectivity index (χ1n) is 8.60. The first kappa shape index (κ1) is 18.6.